The molecule has 2 N–H and O–H groups in total. The minimum Gasteiger partial charge on any atom is -0.298 e. The van der Waals surface area contributed by atoms with E-state index in [-0.39, 0.29) is 11.8 Å². The molecule has 0 atom stereocenters. The molecule has 0 aliphatic rings. The summed E-state index contributed by atoms with van der Waals surface area (Å²) in [6.45, 7) is 3.90. The second kappa shape index (κ2) is 8.14. The number of thiazole rings is 2. The Kier molecular flexibility index (Phi) is 5.16. The number of nitrogens with zero attached hydrogens (tertiary/aromatic N) is 2. The summed E-state index contributed by atoms with van der Waals surface area (Å²) in [5.74, 6) is -0.373. The summed E-state index contributed by atoms with van der Waals surface area (Å²) < 4.78 is 1.83. The summed E-state index contributed by atoms with van der Waals surface area (Å²) in [6, 6.07) is 18.7. The SMILES string of the molecule is Cc1cccc(C(=O)Nc2nc3cc4sc(NC(=O)c5cccc(C)c5)nc4cc3s2)c1. The molecule has 6 nitrogen and oxygen atoms in total. The zero-order chi connectivity index (χ0) is 22.2. The van der Waals surface area contributed by atoms with Gasteiger partial charge < -0.3 is 0 Å². The molecule has 3 aromatic carbocycles. The number of carbonyl (C=O) groups is 2. The normalized spacial score (nSPS) is 11.1. The van der Waals surface area contributed by atoms with E-state index >= 15 is 0 Å². The van der Waals surface area contributed by atoms with E-state index in [1.165, 1.54) is 22.7 Å². The van der Waals surface area contributed by atoms with Gasteiger partial charge in [-0.2, -0.15) is 0 Å². The first-order chi connectivity index (χ1) is 15.4. The van der Waals surface area contributed by atoms with E-state index in [0.29, 0.717) is 21.4 Å². The quantitative estimate of drug-likeness (QED) is 0.344. The maximum absolute atomic E-state index is 12.5. The summed E-state index contributed by atoms with van der Waals surface area (Å²) in [5.41, 5.74) is 4.81. The van der Waals surface area contributed by atoms with Gasteiger partial charge in [-0.25, -0.2) is 9.97 Å². The standard InChI is InChI=1S/C24H18N4O2S2/c1-13-5-3-7-15(9-13)21(29)27-23-25-17-11-20-18(12-19(17)31-23)26-24(32-20)28-22(30)16-8-4-6-14(2)10-16/h3-12H,1-2H3,(H,25,27,29)(H,26,28,30). The van der Waals surface area contributed by atoms with Crippen molar-refractivity contribution in [1.82, 2.24) is 9.97 Å². The summed E-state index contributed by atoms with van der Waals surface area (Å²) in [7, 11) is 0. The minimum atomic E-state index is -0.186. The van der Waals surface area contributed by atoms with Crippen molar-refractivity contribution in [2.45, 2.75) is 13.8 Å². The maximum Gasteiger partial charge on any atom is 0.257 e. The molecule has 0 saturated heterocycles. The van der Waals surface area contributed by atoms with Gasteiger partial charge >= 0.3 is 0 Å². The van der Waals surface area contributed by atoms with Crippen molar-refractivity contribution in [3.63, 3.8) is 0 Å². The number of aryl methyl sites for hydroxylation is 2. The number of benzene rings is 3. The maximum atomic E-state index is 12.5. The van der Waals surface area contributed by atoms with Crippen molar-refractivity contribution in [3.05, 3.63) is 82.9 Å². The van der Waals surface area contributed by atoms with Crippen LogP contribution in [0.1, 0.15) is 31.8 Å². The summed E-state index contributed by atoms with van der Waals surface area (Å²) in [5, 5.41) is 6.83. The van der Waals surface area contributed by atoms with Crippen LogP contribution in [-0.2, 0) is 0 Å². The summed E-state index contributed by atoms with van der Waals surface area (Å²) >= 11 is 2.79. The lowest BCUT2D eigenvalue weighted by molar-refractivity contribution is 0.101. The first-order valence-corrected chi connectivity index (χ1v) is 11.5. The summed E-state index contributed by atoms with van der Waals surface area (Å²) in [6.07, 6.45) is 0. The second-order valence-corrected chi connectivity index (χ2v) is 9.53. The number of rotatable bonds is 4. The van der Waals surface area contributed by atoms with Gasteiger partial charge in [0, 0.05) is 11.1 Å². The smallest absolute Gasteiger partial charge is 0.257 e. The van der Waals surface area contributed by atoms with E-state index in [1.54, 1.807) is 12.1 Å². The molecule has 0 aliphatic carbocycles. The molecule has 5 aromatic rings. The molecular formula is C24H18N4O2S2. The fraction of sp³-hybridized carbons (Fsp3) is 0.0833. The van der Waals surface area contributed by atoms with Gasteiger partial charge in [-0.1, -0.05) is 58.1 Å². The van der Waals surface area contributed by atoms with Crippen LogP contribution in [0.4, 0.5) is 10.3 Å². The number of nitrogens with one attached hydrogen (secondary N) is 2. The first kappa shape index (κ1) is 20.3. The van der Waals surface area contributed by atoms with Gasteiger partial charge in [0.15, 0.2) is 10.3 Å². The van der Waals surface area contributed by atoms with Gasteiger partial charge in [0.25, 0.3) is 11.8 Å². The highest BCUT2D eigenvalue weighted by molar-refractivity contribution is 7.23. The van der Waals surface area contributed by atoms with Crippen LogP contribution in [0.5, 0.6) is 0 Å². The number of hydrogen-bond acceptors (Lipinski definition) is 6. The average molecular weight is 459 g/mol. The van der Waals surface area contributed by atoms with E-state index in [9.17, 15) is 9.59 Å². The molecule has 0 radical (unpaired) electrons. The van der Waals surface area contributed by atoms with Gasteiger partial charge in [-0.3, -0.25) is 20.2 Å². The van der Waals surface area contributed by atoms with Crippen LogP contribution < -0.4 is 10.6 Å². The van der Waals surface area contributed by atoms with Gasteiger partial charge in [0.1, 0.15) is 0 Å². The van der Waals surface area contributed by atoms with E-state index < -0.39 is 0 Å². The van der Waals surface area contributed by atoms with Crippen molar-refractivity contribution in [1.29, 1.82) is 0 Å². The van der Waals surface area contributed by atoms with Crippen molar-refractivity contribution in [3.8, 4) is 0 Å². The Morgan fingerprint density at radius 1 is 0.688 bits per heavy atom. The van der Waals surface area contributed by atoms with Crippen LogP contribution >= 0.6 is 22.7 Å². The highest BCUT2D eigenvalue weighted by atomic mass is 32.1. The van der Waals surface area contributed by atoms with Crippen molar-refractivity contribution in [2.75, 3.05) is 10.6 Å². The van der Waals surface area contributed by atoms with E-state index in [0.717, 1.165) is 31.6 Å². The Morgan fingerprint density at radius 2 is 1.12 bits per heavy atom. The van der Waals surface area contributed by atoms with Crippen LogP contribution in [0.25, 0.3) is 20.4 Å². The second-order valence-electron chi connectivity index (χ2n) is 7.47. The molecule has 2 heterocycles. The van der Waals surface area contributed by atoms with Crippen LogP contribution in [0.15, 0.2) is 60.7 Å². The van der Waals surface area contributed by atoms with Crippen LogP contribution in [0, 0.1) is 13.8 Å². The number of amides is 2. The topological polar surface area (TPSA) is 84.0 Å². The zero-order valence-corrected chi connectivity index (χ0v) is 18.9. The van der Waals surface area contributed by atoms with Crippen molar-refractivity contribution in [2.24, 2.45) is 0 Å². The van der Waals surface area contributed by atoms with Gasteiger partial charge in [0.05, 0.1) is 20.4 Å². The Bertz CT molecular complexity index is 1340. The summed E-state index contributed by atoms with van der Waals surface area (Å²) in [4.78, 5) is 34.1. The number of hydrogen-bond donors (Lipinski definition) is 2. The molecule has 5 rings (SSSR count). The van der Waals surface area contributed by atoms with E-state index in [2.05, 4.69) is 20.6 Å². The molecule has 158 valence electrons. The third-order valence-corrected chi connectivity index (χ3v) is 6.77. The molecule has 32 heavy (non-hydrogen) atoms. The van der Waals surface area contributed by atoms with Crippen LogP contribution in [-0.4, -0.2) is 21.8 Å². The zero-order valence-electron chi connectivity index (χ0n) is 17.3. The monoisotopic (exact) mass is 458 g/mol. The average Bonchev–Trinajstić information content (AvgIpc) is 3.33. The minimum absolute atomic E-state index is 0.186. The van der Waals surface area contributed by atoms with Crippen LogP contribution in [0.2, 0.25) is 0 Å². The molecule has 2 amide bonds. The first-order valence-electron chi connectivity index (χ1n) is 9.92. The molecule has 0 bridgehead atoms. The lowest BCUT2D eigenvalue weighted by Gasteiger charge is -2.02. The Hall–Kier alpha value is -3.62. The van der Waals surface area contributed by atoms with Gasteiger partial charge in [-0.15, -0.1) is 0 Å². The number of carbonyl (C=O) groups excluding carboxylic acids is 2. The fourth-order valence-corrected chi connectivity index (χ4v) is 5.12. The van der Waals surface area contributed by atoms with E-state index in [1.807, 2.05) is 62.4 Å². The highest BCUT2D eigenvalue weighted by Gasteiger charge is 2.14. The third kappa shape index (κ3) is 4.10. The molecule has 0 unspecified atom stereocenters. The molecule has 0 spiro atoms. The Balaban J connectivity index is 1.37. The number of anilines is 2. The van der Waals surface area contributed by atoms with Crippen molar-refractivity contribution < 1.29 is 9.59 Å². The predicted octanol–water partition coefficient (Wildman–Crippen LogP) is 6.03. The lowest BCUT2D eigenvalue weighted by atomic mass is 10.1. The molecule has 8 heteroatoms. The molecule has 0 fully saturated rings. The third-order valence-electron chi connectivity index (χ3n) is 4.90. The lowest BCUT2D eigenvalue weighted by Crippen LogP contribution is -2.11. The molecular weight excluding hydrogens is 440 g/mol. The Morgan fingerprint density at radius 3 is 1.53 bits per heavy atom. The Labute approximate surface area is 192 Å². The highest BCUT2D eigenvalue weighted by Crippen LogP contribution is 2.34. The number of aromatic nitrogens is 2. The van der Waals surface area contributed by atoms with Gasteiger partial charge in [0.2, 0.25) is 0 Å². The molecule has 2 aromatic heterocycles. The van der Waals surface area contributed by atoms with E-state index in [4.69, 9.17) is 0 Å². The largest absolute Gasteiger partial charge is 0.298 e. The van der Waals surface area contributed by atoms with Crippen molar-refractivity contribution >= 4 is 65.2 Å². The molecule has 0 aliphatic heterocycles. The fourth-order valence-electron chi connectivity index (χ4n) is 3.37. The molecule has 0 saturated carbocycles. The number of fused-ring (bicyclic) bond motifs is 2. The van der Waals surface area contributed by atoms with Crippen LogP contribution in [0.3, 0.4) is 0 Å². The predicted molar refractivity (Wildman–Crippen MR) is 131 cm³/mol. The van der Waals surface area contributed by atoms with Gasteiger partial charge in [-0.05, 0) is 50.2 Å².